The molecule has 1 heterocycles. The monoisotopic (exact) mass is 498 g/mol. The van der Waals surface area contributed by atoms with Crippen molar-refractivity contribution in [3.8, 4) is 0 Å². The van der Waals surface area contributed by atoms with Gasteiger partial charge in [0, 0.05) is 42.8 Å². The van der Waals surface area contributed by atoms with E-state index in [0.29, 0.717) is 30.6 Å². The lowest BCUT2D eigenvalue weighted by atomic mass is 9.87. The molecule has 0 radical (unpaired) electrons. The Bertz CT molecular complexity index is 891. The first-order valence-corrected chi connectivity index (χ1v) is 14.4. The Hall–Kier alpha value is -1.99. The summed E-state index contributed by atoms with van der Waals surface area (Å²) in [5.41, 5.74) is 6.51. The number of rotatable bonds is 7. The van der Waals surface area contributed by atoms with Gasteiger partial charge in [0.1, 0.15) is 11.9 Å². The summed E-state index contributed by atoms with van der Waals surface area (Å²) in [6.07, 6.45) is 14.4. The molecule has 5 rings (SSSR count). The zero-order chi connectivity index (χ0) is 25.1. The molecule has 1 unspecified atom stereocenters. The molecule has 0 aromatic heterocycles. The smallest absolute Gasteiger partial charge is 0.254 e. The third-order valence-corrected chi connectivity index (χ3v) is 9.03. The Kier molecular flexibility index (Phi) is 8.26. The van der Waals surface area contributed by atoms with Crippen LogP contribution in [0.5, 0.6) is 0 Å². The number of nitrogens with zero attached hydrogens (tertiary/aromatic N) is 2. The quantitative estimate of drug-likeness (QED) is 0.590. The molecule has 1 aromatic rings. The molecule has 198 valence electrons. The molecule has 7 heteroatoms. The van der Waals surface area contributed by atoms with Gasteiger partial charge in [-0.2, -0.15) is 0 Å². The van der Waals surface area contributed by atoms with Gasteiger partial charge in [-0.3, -0.25) is 14.5 Å². The van der Waals surface area contributed by atoms with Crippen LogP contribution in [0.25, 0.3) is 0 Å². The highest BCUT2D eigenvalue weighted by Crippen LogP contribution is 2.36. The second-order valence-electron chi connectivity index (χ2n) is 11.8. The molecule has 36 heavy (non-hydrogen) atoms. The molecule has 2 atom stereocenters. The standard InChI is InChI=1S/C29H43FN4O2/c30-22-8-6-21(7-9-22)29(36)33-17-16-26(34(25-14-15-25)19-20-4-2-1-3-5-20)18-27(33)28(35)32-24-12-10-23(31)11-13-24/h6-9,20,23-27H,1-5,10-19,31H2,(H,32,35)/t23?,24?,26?,27-/m1/s1. The van der Waals surface area contributed by atoms with Crippen LogP contribution < -0.4 is 11.1 Å². The first-order chi connectivity index (χ1) is 17.5. The molecule has 4 aliphatic rings. The summed E-state index contributed by atoms with van der Waals surface area (Å²) in [5, 5.41) is 3.27. The van der Waals surface area contributed by atoms with Crippen molar-refractivity contribution in [3.05, 3.63) is 35.6 Å². The van der Waals surface area contributed by atoms with E-state index in [1.54, 1.807) is 4.90 Å². The van der Waals surface area contributed by atoms with E-state index in [0.717, 1.165) is 44.6 Å². The average molecular weight is 499 g/mol. The number of carbonyl (C=O) groups is 2. The van der Waals surface area contributed by atoms with Crippen LogP contribution in [-0.2, 0) is 4.79 Å². The summed E-state index contributed by atoms with van der Waals surface area (Å²) in [7, 11) is 0. The second-order valence-corrected chi connectivity index (χ2v) is 11.8. The largest absolute Gasteiger partial charge is 0.352 e. The van der Waals surface area contributed by atoms with E-state index in [9.17, 15) is 14.0 Å². The van der Waals surface area contributed by atoms with Gasteiger partial charge >= 0.3 is 0 Å². The topological polar surface area (TPSA) is 78.7 Å². The SMILES string of the molecule is NC1CCC(NC(=O)[C@H]2CC(N(CC3CCCCC3)C3CC3)CCN2C(=O)c2ccc(F)cc2)CC1. The Labute approximate surface area is 215 Å². The van der Waals surface area contributed by atoms with E-state index >= 15 is 0 Å². The zero-order valence-electron chi connectivity index (χ0n) is 21.5. The van der Waals surface area contributed by atoms with E-state index in [2.05, 4.69) is 10.2 Å². The van der Waals surface area contributed by atoms with Crippen LogP contribution in [0.1, 0.15) is 93.8 Å². The molecule has 0 spiro atoms. The molecule has 3 N–H and O–H groups in total. The van der Waals surface area contributed by atoms with Gasteiger partial charge < -0.3 is 16.0 Å². The molecule has 3 saturated carbocycles. The predicted octanol–water partition coefficient (Wildman–Crippen LogP) is 4.23. The molecular weight excluding hydrogens is 455 g/mol. The van der Waals surface area contributed by atoms with E-state index in [1.165, 1.54) is 69.2 Å². The van der Waals surface area contributed by atoms with Gasteiger partial charge in [-0.25, -0.2) is 4.39 Å². The third kappa shape index (κ3) is 6.28. The van der Waals surface area contributed by atoms with Crippen LogP contribution >= 0.6 is 0 Å². The first-order valence-electron chi connectivity index (χ1n) is 14.4. The minimum absolute atomic E-state index is 0.0379. The lowest BCUT2D eigenvalue weighted by molar-refractivity contribution is -0.128. The predicted molar refractivity (Wildman–Crippen MR) is 139 cm³/mol. The molecule has 1 saturated heterocycles. The van der Waals surface area contributed by atoms with Crippen LogP contribution in [0, 0.1) is 11.7 Å². The van der Waals surface area contributed by atoms with Crippen molar-refractivity contribution in [2.24, 2.45) is 11.7 Å². The number of halogens is 1. The Morgan fingerprint density at radius 1 is 0.917 bits per heavy atom. The Morgan fingerprint density at radius 3 is 2.28 bits per heavy atom. The normalized spacial score (nSPS) is 29.8. The summed E-state index contributed by atoms with van der Waals surface area (Å²) in [6.45, 7) is 1.69. The van der Waals surface area contributed by atoms with Crippen molar-refractivity contribution in [1.82, 2.24) is 15.1 Å². The highest BCUT2D eigenvalue weighted by atomic mass is 19.1. The van der Waals surface area contributed by atoms with E-state index in [-0.39, 0.29) is 29.7 Å². The van der Waals surface area contributed by atoms with Crippen LogP contribution in [0.3, 0.4) is 0 Å². The van der Waals surface area contributed by atoms with Gasteiger partial charge in [0.05, 0.1) is 0 Å². The number of benzene rings is 1. The van der Waals surface area contributed by atoms with Crippen LogP contribution in [0.2, 0.25) is 0 Å². The lowest BCUT2D eigenvalue weighted by Crippen LogP contribution is -2.59. The summed E-state index contributed by atoms with van der Waals surface area (Å²) in [6, 6.07) is 6.51. The highest BCUT2D eigenvalue weighted by molar-refractivity contribution is 5.97. The average Bonchev–Trinajstić information content (AvgIpc) is 3.74. The van der Waals surface area contributed by atoms with Crippen LogP contribution in [0.4, 0.5) is 4.39 Å². The van der Waals surface area contributed by atoms with E-state index in [1.807, 2.05) is 0 Å². The van der Waals surface area contributed by atoms with Crippen molar-refractivity contribution in [2.75, 3.05) is 13.1 Å². The number of amides is 2. The lowest BCUT2D eigenvalue weighted by Gasteiger charge is -2.44. The molecule has 4 fully saturated rings. The number of nitrogens with two attached hydrogens (primary N) is 1. The maximum absolute atomic E-state index is 13.7. The molecule has 6 nitrogen and oxygen atoms in total. The Morgan fingerprint density at radius 2 is 1.61 bits per heavy atom. The maximum atomic E-state index is 13.7. The van der Waals surface area contributed by atoms with Crippen LogP contribution in [0.15, 0.2) is 24.3 Å². The molecule has 1 aromatic carbocycles. The summed E-state index contributed by atoms with van der Waals surface area (Å²) >= 11 is 0. The number of hydrogen-bond acceptors (Lipinski definition) is 4. The molecular formula is C29H43FN4O2. The number of nitrogens with one attached hydrogen (secondary N) is 1. The van der Waals surface area contributed by atoms with Gasteiger partial charge in [-0.1, -0.05) is 19.3 Å². The highest BCUT2D eigenvalue weighted by Gasteiger charge is 2.43. The first kappa shape index (κ1) is 25.7. The summed E-state index contributed by atoms with van der Waals surface area (Å²) in [4.78, 5) is 31.6. The minimum atomic E-state index is -0.496. The van der Waals surface area contributed by atoms with Gasteiger partial charge in [-0.15, -0.1) is 0 Å². The van der Waals surface area contributed by atoms with Crippen LogP contribution in [-0.4, -0.2) is 64.9 Å². The number of likely N-dealkylation sites (tertiary alicyclic amines) is 1. The van der Waals surface area contributed by atoms with E-state index in [4.69, 9.17) is 5.73 Å². The summed E-state index contributed by atoms with van der Waals surface area (Å²) < 4.78 is 13.5. The van der Waals surface area contributed by atoms with Crippen molar-refractivity contribution in [3.63, 3.8) is 0 Å². The van der Waals surface area contributed by atoms with Crippen molar-refractivity contribution >= 4 is 11.8 Å². The summed E-state index contributed by atoms with van der Waals surface area (Å²) in [5.74, 6) is 0.184. The van der Waals surface area contributed by atoms with Gasteiger partial charge in [0.2, 0.25) is 5.91 Å². The van der Waals surface area contributed by atoms with E-state index < -0.39 is 6.04 Å². The van der Waals surface area contributed by atoms with Crippen molar-refractivity contribution in [2.45, 2.75) is 114 Å². The number of piperidine rings is 1. The fourth-order valence-corrected chi connectivity index (χ4v) is 6.73. The fraction of sp³-hybridized carbons (Fsp3) is 0.724. The van der Waals surface area contributed by atoms with Crippen molar-refractivity contribution < 1.29 is 14.0 Å². The number of carbonyl (C=O) groups excluding carboxylic acids is 2. The van der Waals surface area contributed by atoms with Gasteiger partial charge in [0.15, 0.2) is 0 Å². The second kappa shape index (κ2) is 11.6. The maximum Gasteiger partial charge on any atom is 0.254 e. The number of hydrogen-bond donors (Lipinski definition) is 2. The van der Waals surface area contributed by atoms with Gasteiger partial charge in [-0.05, 0) is 94.4 Å². The minimum Gasteiger partial charge on any atom is -0.352 e. The fourth-order valence-electron chi connectivity index (χ4n) is 6.73. The zero-order valence-corrected chi connectivity index (χ0v) is 21.5. The third-order valence-electron chi connectivity index (χ3n) is 9.03. The van der Waals surface area contributed by atoms with Crippen molar-refractivity contribution in [1.29, 1.82) is 0 Å². The van der Waals surface area contributed by atoms with Gasteiger partial charge in [0.25, 0.3) is 5.91 Å². The molecule has 0 bridgehead atoms. The Balaban J connectivity index is 1.32. The molecule has 2 amide bonds. The molecule has 1 aliphatic heterocycles. The molecule has 3 aliphatic carbocycles.